The topological polar surface area (TPSA) is 48.5 Å². The molecule has 0 rings (SSSR count). The van der Waals surface area contributed by atoms with Crippen LogP contribution in [0.2, 0.25) is 0 Å². The van der Waals surface area contributed by atoms with Gasteiger partial charge in [0.1, 0.15) is 11.8 Å². The maximum atomic E-state index is 8.26. The molecule has 0 unspecified atom stereocenters. The Morgan fingerprint density at radius 2 is 2.44 bits per heavy atom. The summed E-state index contributed by atoms with van der Waals surface area (Å²) >= 11 is 0. The normalized spacial score (nSPS) is 11.3. The van der Waals surface area contributed by atoms with Crippen LogP contribution in [0.3, 0.4) is 0 Å². The van der Waals surface area contributed by atoms with Gasteiger partial charge >= 0.3 is 0 Å². The molecule has 0 radical (unpaired) electrons. The van der Waals surface area contributed by atoms with Gasteiger partial charge < -0.3 is 0 Å². The number of rotatable bonds is 2. The van der Waals surface area contributed by atoms with Crippen LogP contribution in [0.5, 0.6) is 0 Å². The number of hydrogen-bond donors (Lipinski definition) is 0. The fourth-order valence-corrected chi connectivity index (χ4v) is 0.285. The van der Waals surface area contributed by atoms with Crippen molar-refractivity contribution in [2.45, 2.75) is 0 Å². The van der Waals surface area contributed by atoms with Crippen molar-refractivity contribution in [2.24, 2.45) is 9.98 Å². The SMILES string of the molecule is C=N/C=C\C(C#N)=NC. The van der Waals surface area contributed by atoms with Crippen LogP contribution in [0.15, 0.2) is 22.3 Å². The highest BCUT2D eigenvalue weighted by Crippen LogP contribution is 1.78. The predicted molar refractivity (Wildman–Crippen MR) is 37.7 cm³/mol. The van der Waals surface area contributed by atoms with E-state index in [1.165, 1.54) is 12.3 Å². The minimum absolute atomic E-state index is 0.349. The van der Waals surface area contributed by atoms with Crippen LogP contribution in [0, 0.1) is 11.3 Å². The first kappa shape index (κ1) is 7.57. The lowest BCUT2D eigenvalue weighted by Crippen LogP contribution is -1.84. The molecule has 0 aliphatic carbocycles. The van der Waals surface area contributed by atoms with Crippen molar-refractivity contribution in [3.63, 3.8) is 0 Å². The van der Waals surface area contributed by atoms with E-state index < -0.39 is 0 Å². The Morgan fingerprint density at radius 1 is 1.78 bits per heavy atom. The Kier molecular flexibility index (Phi) is 3.97. The fraction of sp³-hybridized carbons (Fsp3) is 0.167. The van der Waals surface area contributed by atoms with E-state index in [2.05, 4.69) is 16.7 Å². The van der Waals surface area contributed by atoms with Crippen molar-refractivity contribution < 1.29 is 0 Å². The molecule has 0 heterocycles. The van der Waals surface area contributed by atoms with Gasteiger partial charge in [-0.15, -0.1) is 0 Å². The molecule has 0 aromatic carbocycles. The highest BCUT2D eigenvalue weighted by atomic mass is 14.7. The molecule has 0 atom stereocenters. The van der Waals surface area contributed by atoms with Gasteiger partial charge in [0.2, 0.25) is 0 Å². The zero-order chi connectivity index (χ0) is 7.11. The maximum absolute atomic E-state index is 8.26. The molecular weight excluding hydrogens is 114 g/mol. The largest absolute Gasteiger partial charge is 0.278 e. The molecule has 3 nitrogen and oxygen atoms in total. The summed E-state index contributed by atoms with van der Waals surface area (Å²) in [5.74, 6) is 0. The Hall–Kier alpha value is -1.43. The van der Waals surface area contributed by atoms with Gasteiger partial charge in [0.25, 0.3) is 0 Å². The number of hydrogen-bond acceptors (Lipinski definition) is 3. The van der Waals surface area contributed by atoms with Gasteiger partial charge in [-0.05, 0) is 12.8 Å². The van der Waals surface area contributed by atoms with E-state index in [0.29, 0.717) is 5.71 Å². The number of nitrogens with zero attached hydrogens (tertiary/aromatic N) is 3. The quantitative estimate of drug-likeness (QED) is 0.498. The van der Waals surface area contributed by atoms with Gasteiger partial charge in [0.15, 0.2) is 0 Å². The molecule has 0 aliphatic rings. The summed E-state index contributed by atoms with van der Waals surface area (Å²) < 4.78 is 0. The summed E-state index contributed by atoms with van der Waals surface area (Å²) in [7, 11) is 1.55. The highest BCUT2D eigenvalue weighted by molar-refractivity contribution is 6.06. The van der Waals surface area contributed by atoms with Crippen LogP contribution in [0.1, 0.15) is 0 Å². The van der Waals surface area contributed by atoms with Crippen LogP contribution in [0.25, 0.3) is 0 Å². The molecule has 0 aromatic heterocycles. The van der Waals surface area contributed by atoms with Crippen molar-refractivity contribution in [1.29, 1.82) is 5.26 Å². The second-order valence-corrected chi connectivity index (χ2v) is 1.22. The first-order chi connectivity index (χ1) is 4.35. The zero-order valence-electron chi connectivity index (χ0n) is 5.20. The van der Waals surface area contributed by atoms with Gasteiger partial charge in [0, 0.05) is 13.2 Å². The second-order valence-electron chi connectivity index (χ2n) is 1.22. The van der Waals surface area contributed by atoms with Crippen LogP contribution >= 0.6 is 0 Å². The molecule has 0 aromatic rings. The van der Waals surface area contributed by atoms with Crippen molar-refractivity contribution >= 4 is 12.4 Å². The molecule has 0 saturated carbocycles. The molecule has 0 spiro atoms. The average Bonchev–Trinajstić information content (AvgIpc) is 1.91. The van der Waals surface area contributed by atoms with E-state index in [9.17, 15) is 0 Å². The average molecular weight is 121 g/mol. The third-order valence-corrected chi connectivity index (χ3v) is 0.693. The third-order valence-electron chi connectivity index (χ3n) is 0.693. The summed E-state index contributed by atoms with van der Waals surface area (Å²) in [6, 6.07) is 1.86. The Balaban J connectivity index is 4.05. The van der Waals surface area contributed by atoms with E-state index in [-0.39, 0.29) is 0 Å². The molecule has 0 fully saturated rings. The lowest BCUT2D eigenvalue weighted by molar-refractivity contribution is 1.44. The van der Waals surface area contributed by atoms with E-state index in [1.807, 2.05) is 6.07 Å². The standard InChI is InChI=1S/C6H7N3/c1-8-4-3-6(5-7)9-2/h3-4H,1H2,2H3/b4-3-,9-6?. The molecule has 46 valence electrons. The minimum Gasteiger partial charge on any atom is -0.278 e. The van der Waals surface area contributed by atoms with Crippen molar-refractivity contribution in [1.82, 2.24) is 0 Å². The van der Waals surface area contributed by atoms with Gasteiger partial charge in [0.05, 0.1) is 0 Å². The van der Waals surface area contributed by atoms with E-state index in [1.54, 1.807) is 7.05 Å². The van der Waals surface area contributed by atoms with Gasteiger partial charge in [-0.3, -0.25) is 9.98 Å². The second kappa shape index (κ2) is 4.72. The third kappa shape index (κ3) is 3.18. The van der Waals surface area contributed by atoms with E-state index >= 15 is 0 Å². The van der Waals surface area contributed by atoms with Gasteiger partial charge in [-0.1, -0.05) is 0 Å². The van der Waals surface area contributed by atoms with Crippen LogP contribution in [-0.2, 0) is 0 Å². The monoisotopic (exact) mass is 121 g/mol. The summed E-state index contributed by atoms with van der Waals surface area (Å²) in [5, 5.41) is 8.26. The van der Waals surface area contributed by atoms with Gasteiger partial charge in [-0.2, -0.15) is 5.26 Å². The van der Waals surface area contributed by atoms with Crippen molar-refractivity contribution in [3.8, 4) is 6.07 Å². The molecule has 0 bridgehead atoms. The molecule has 0 N–H and O–H groups in total. The molecule has 0 aliphatic heterocycles. The minimum atomic E-state index is 0.349. The first-order valence-electron chi connectivity index (χ1n) is 2.34. The van der Waals surface area contributed by atoms with E-state index in [4.69, 9.17) is 5.26 Å². The molecule has 0 saturated heterocycles. The van der Waals surface area contributed by atoms with Crippen molar-refractivity contribution in [3.05, 3.63) is 12.3 Å². The Morgan fingerprint density at radius 3 is 2.78 bits per heavy atom. The van der Waals surface area contributed by atoms with Crippen LogP contribution in [-0.4, -0.2) is 19.5 Å². The molecule has 0 amide bonds. The lowest BCUT2D eigenvalue weighted by Gasteiger charge is -1.78. The molecule has 9 heavy (non-hydrogen) atoms. The fourth-order valence-electron chi connectivity index (χ4n) is 0.285. The summed E-state index contributed by atoms with van der Waals surface area (Å²) in [6.07, 6.45) is 2.92. The van der Waals surface area contributed by atoms with E-state index in [0.717, 1.165) is 0 Å². The number of allylic oxidation sites excluding steroid dienone is 1. The Labute approximate surface area is 54.1 Å². The van der Waals surface area contributed by atoms with Crippen molar-refractivity contribution in [2.75, 3.05) is 7.05 Å². The van der Waals surface area contributed by atoms with Crippen LogP contribution in [0.4, 0.5) is 0 Å². The lowest BCUT2D eigenvalue weighted by atomic mass is 10.4. The zero-order valence-corrected chi connectivity index (χ0v) is 5.20. The highest BCUT2D eigenvalue weighted by Gasteiger charge is 1.82. The summed E-state index contributed by atoms with van der Waals surface area (Å²) in [4.78, 5) is 7.03. The number of aliphatic imine (C=N–C) groups is 2. The van der Waals surface area contributed by atoms with Crippen LogP contribution < -0.4 is 0 Å². The smallest absolute Gasteiger partial charge is 0.136 e. The number of nitriles is 1. The first-order valence-corrected chi connectivity index (χ1v) is 2.34. The molecular formula is C6H7N3. The predicted octanol–water partition coefficient (Wildman–Crippen LogP) is 0.795. The summed E-state index contributed by atoms with van der Waals surface area (Å²) in [5.41, 5.74) is 0.349. The maximum Gasteiger partial charge on any atom is 0.136 e. The molecule has 3 heteroatoms. The summed E-state index contributed by atoms with van der Waals surface area (Å²) in [6.45, 7) is 3.20. The van der Waals surface area contributed by atoms with Gasteiger partial charge in [-0.25, -0.2) is 0 Å². The Bertz CT molecular complexity index is 183.